The molecule has 190 valence electrons. The molecule has 0 saturated heterocycles. The van der Waals surface area contributed by atoms with Crippen molar-refractivity contribution >= 4 is 17.3 Å². The summed E-state index contributed by atoms with van der Waals surface area (Å²) in [6.45, 7) is 9.78. The van der Waals surface area contributed by atoms with Gasteiger partial charge in [0.1, 0.15) is 5.69 Å². The van der Waals surface area contributed by atoms with Crippen LogP contribution in [0, 0.1) is 6.92 Å². The second-order valence-corrected chi connectivity index (χ2v) is 9.76. The van der Waals surface area contributed by atoms with E-state index in [-0.39, 0.29) is 11.1 Å². The molecule has 0 fully saturated rings. The Bertz CT molecular complexity index is 1270. The van der Waals surface area contributed by atoms with Crippen LogP contribution in [0.1, 0.15) is 67.2 Å². The van der Waals surface area contributed by atoms with E-state index in [4.69, 9.17) is 0 Å². The second kappa shape index (κ2) is 9.96. The van der Waals surface area contributed by atoms with Crippen LogP contribution in [-0.2, 0) is 12.6 Å². The lowest BCUT2D eigenvalue weighted by atomic mass is 9.82. The molecule has 4 nitrogen and oxygen atoms in total. The van der Waals surface area contributed by atoms with E-state index in [2.05, 4.69) is 54.2 Å². The Hall–Kier alpha value is -3.35. The first-order valence-corrected chi connectivity index (χ1v) is 12.4. The van der Waals surface area contributed by atoms with E-state index in [1.165, 1.54) is 17.3 Å². The van der Waals surface area contributed by atoms with Crippen molar-refractivity contribution in [2.24, 2.45) is 0 Å². The summed E-state index contributed by atoms with van der Waals surface area (Å²) >= 11 is 0. The van der Waals surface area contributed by atoms with Crippen LogP contribution in [0.3, 0.4) is 0 Å². The number of hydrogen-bond donors (Lipinski definition) is 1. The monoisotopic (exact) mass is 495 g/mol. The van der Waals surface area contributed by atoms with E-state index in [0.29, 0.717) is 5.69 Å². The Morgan fingerprint density at radius 1 is 1.11 bits per heavy atom. The zero-order valence-electron chi connectivity index (χ0n) is 21.2. The molecule has 1 aliphatic rings. The summed E-state index contributed by atoms with van der Waals surface area (Å²) in [5, 5.41) is 2.74. The molecule has 0 bridgehead atoms. The van der Waals surface area contributed by atoms with Crippen LogP contribution >= 0.6 is 0 Å². The third-order valence-electron chi connectivity index (χ3n) is 7.29. The molecule has 0 aliphatic carbocycles. The number of carbonyl (C=O) groups is 1. The number of amides is 1. The molecular formula is C29H32F3N3O. The highest BCUT2D eigenvalue weighted by molar-refractivity contribution is 6.04. The molecule has 2 aromatic carbocycles. The van der Waals surface area contributed by atoms with Crippen molar-refractivity contribution in [2.75, 3.05) is 16.8 Å². The van der Waals surface area contributed by atoms with Gasteiger partial charge in [0.15, 0.2) is 0 Å². The van der Waals surface area contributed by atoms with Gasteiger partial charge in [0.25, 0.3) is 5.91 Å². The maximum atomic E-state index is 13.0. The summed E-state index contributed by atoms with van der Waals surface area (Å²) in [6.07, 6.45) is 0.687. The number of benzene rings is 2. The first-order chi connectivity index (χ1) is 17.1. The second-order valence-electron chi connectivity index (χ2n) is 9.76. The van der Waals surface area contributed by atoms with Crippen LogP contribution in [0.25, 0.3) is 11.1 Å². The summed E-state index contributed by atoms with van der Waals surface area (Å²) in [4.78, 5) is 18.6. The van der Waals surface area contributed by atoms with Crippen molar-refractivity contribution < 1.29 is 18.0 Å². The number of nitrogens with one attached hydrogen (secondary N) is 1. The first-order valence-electron chi connectivity index (χ1n) is 12.4. The number of hydrogen-bond acceptors (Lipinski definition) is 3. The molecule has 1 N–H and O–H groups in total. The lowest BCUT2D eigenvalue weighted by Gasteiger charge is -2.47. The van der Waals surface area contributed by atoms with E-state index >= 15 is 0 Å². The summed E-state index contributed by atoms with van der Waals surface area (Å²) < 4.78 is 39.0. The van der Waals surface area contributed by atoms with Crippen LogP contribution in [0.4, 0.5) is 24.5 Å². The minimum absolute atomic E-state index is 0.0951. The van der Waals surface area contributed by atoms with Crippen LogP contribution in [0.2, 0.25) is 0 Å². The minimum Gasteiger partial charge on any atom is -0.366 e. The van der Waals surface area contributed by atoms with Gasteiger partial charge in [-0.1, -0.05) is 32.0 Å². The highest BCUT2D eigenvalue weighted by Crippen LogP contribution is 2.41. The predicted molar refractivity (Wildman–Crippen MR) is 138 cm³/mol. The maximum absolute atomic E-state index is 13.0. The fourth-order valence-electron chi connectivity index (χ4n) is 4.95. The maximum Gasteiger partial charge on any atom is 0.433 e. The molecule has 36 heavy (non-hydrogen) atoms. The molecule has 4 rings (SSSR count). The molecule has 2 heterocycles. The zero-order valence-corrected chi connectivity index (χ0v) is 21.2. The lowest BCUT2D eigenvalue weighted by molar-refractivity contribution is -0.141. The standard InChI is InChI=1S/C29H32F3N3O/c1-5-15-35-25-16-21(9-8-20(25)11-13-28(35,4)6-2)24-18-23(10-7-19(24)3)34-27(36)22-12-14-33-26(17-22)29(30,31)32/h7-10,12,14,16-18H,5-6,11,13,15H2,1-4H3,(H,34,36). The number of aryl methyl sites for hydroxylation is 2. The number of aromatic nitrogens is 1. The molecular weight excluding hydrogens is 463 g/mol. The van der Waals surface area contributed by atoms with E-state index in [1.54, 1.807) is 6.07 Å². The van der Waals surface area contributed by atoms with Gasteiger partial charge in [-0.2, -0.15) is 13.2 Å². The molecule has 1 aromatic heterocycles. The van der Waals surface area contributed by atoms with Crippen LogP contribution in [-0.4, -0.2) is 23.0 Å². The van der Waals surface area contributed by atoms with Gasteiger partial charge in [-0.05, 0) is 92.1 Å². The van der Waals surface area contributed by atoms with Gasteiger partial charge in [-0.3, -0.25) is 9.78 Å². The van der Waals surface area contributed by atoms with Crippen LogP contribution in [0.15, 0.2) is 54.7 Å². The average Bonchev–Trinajstić information content (AvgIpc) is 2.86. The Morgan fingerprint density at radius 2 is 1.89 bits per heavy atom. The number of carbonyl (C=O) groups excluding carboxylic acids is 1. The van der Waals surface area contributed by atoms with Crippen molar-refractivity contribution in [3.8, 4) is 11.1 Å². The van der Waals surface area contributed by atoms with Crippen molar-refractivity contribution in [3.63, 3.8) is 0 Å². The molecule has 7 heteroatoms. The Kier molecular flexibility index (Phi) is 7.12. The summed E-state index contributed by atoms with van der Waals surface area (Å²) in [6, 6.07) is 14.2. The van der Waals surface area contributed by atoms with Crippen LogP contribution < -0.4 is 10.2 Å². The smallest absolute Gasteiger partial charge is 0.366 e. The van der Waals surface area contributed by atoms with Gasteiger partial charge in [0, 0.05) is 35.2 Å². The van der Waals surface area contributed by atoms with Gasteiger partial charge >= 0.3 is 6.18 Å². The number of anilines is 2. The van der Waals surface area contributed by atoms with Crippen molar-refractivity contribution in [1.82, 2.24) is 4.98 Å². The first kappa shape index (κ1) is 25.7. The largest absolute Gasteiger partial charge is 0.433 e. The average molecular weight is 496 g/mol. The van der Waals surface area contributed by atoms with Crippen LogP contribution in [0.5, 0.6) is 0 Å². The van der Waals surface area contributed by atoms with Crippen molar-refractivity contribution in [2.45, 2.75) is 65.1 Å². The Morgan fingerprint density at radius 3 is 2.58 bits per heavy atom. The summed E-state index contributed by atoms with van der Waals surface area (Å²) in [5.41, 5.74) is 5.13. The number of nitrogens with zero attached hydrogens (tertiary/aromatic N) is 2. The quantitative estimate of drug-likeness (QED) is 0.382. The van der Waals surface area contributed by atoms with E-state index in [9.17, 15) is 18.0 Å². The number of pyridine rings is 1. The molecule has 0 spiro atoms. The molecule has 0 saturated carbocycles. The number of halogens is 3. The minimum atomic E-state index is -4.61. The fourth-order valence-corrected chi connectivity index (χ4v) is 4.95. The SMILES string of the molecule is CCCN1c2cc(-c3cc(NC(=O)c4ccnc(C(F)(F)F)c4)ccc3C)ccc2CCC1(C)CC. The highest BCUT2D eigenvalue weighted by Gasteiger charge is 2.35. The number of alkyl halides is 3. The van der Waals surface area contributed by atoms with Crippen molar-refractivity contribution in [3.05, 3.63) is 77.1 Å². The zero-order chi connectivity index (χ0) is 26.1. The van der Waals surface area contributed by atoms with E-state index < -0.39 is 17.8 Å². The normalized spacial score (nSPS) is 17.6. The third kappa shape index (κ3) is 5.11. The summed E-state index contributed by atoms with van der Waals surface area (Å²) in [7, 11) is 0. The van der Waals surface area contributed by atoms with Gasteiger partial charge in [0.2, 0.25) is 0 Å². The van der Waals surface area contributed by atoms with E-state index in [0.717, 1.165) is 61.2 Å². The van der Waals surface area contributed by atoms with Crippen molar-refractivity contribution in [1.29, 1.82) is 0 Å². The summed E-state index contributed by atoms with van der Waals surface area (Å²) in [5.74, 6) is -0.615. The topological polar surface area (TPSA) is 45.2 Å². The van der Waals surface area contributed by atoms with Gasteiger partial charge in [0.05, 0.1) is 0 Å². The highest BCUT2D eigenvalue weighted by atomic mass is 19.4. The third-order valence-corrected chi connectivity index (χ3v) is 7.29. The van der Waals surface area contributed by atoms with Gasteiger partial charge in [-0.25, -0.2) is 0 Å². The lowest BCUT2D eigenvalue weighted by Crippen LogP contribution is -2.49. The predicted octanol–water partition coefficient (Wildman–Crippen LogP) is 7.66. The van der Waals surface area contributed by atoms with Gasteiger partial charge < -0.3 is 10.2 Å². The molecule has 1 unspecified atom stereocenters. The molecule has 0 radical (unpaired) electrons. The Balaban J connectivity index is 1.65. The Labute approximate surface area is 210 Å². The van der Waals surface area contributed by atoms with E-state index in [1.807, 2.05) is 19.1 Å². The fraction of sp³-hybridized carbons (Fsp3) is 0.379. The number of fused-ring (bicyclic) bond motifs is 1. The molecule has 1 atom stereocenters. The molecule has 1 aliphatic heterocycles. The molecule has 1 amide bonds. The number of rotatable bonds is 6. The van der Waals surface area contributed by atoms with Gasteiger partial charge in [-0.15, -0.1) is 0 Å². The molecule has 3 aromatic rings.